The van der Waals surface area contributed by atoms with Crippen LogP contribution in [0.1, 0.15) is 24.8 Å². The number of aliphatic imine (C=N–C) groups is 1. The van der Waals surface area contributed by atoms with E-state index in [-0.39, 0.29) is 0 Å². The third-order valence-electron chi connectivity index (χ3n) is 3.39. The van der Waals surface area contributed by atoms with E-state index in [1.807, 2.05) is 17.8 Å². The summed E-state index contributed by atoms with van der Waals surface area (Å²) in [5.74, 6) is 1.69. The van der Waals surface area contributed by atoms with Gasteiger partial charge in [-0.15, -0.1) is 0 Å². The maximum atomic E-state index is 11.9. The van der Waals surface area contributed by atoms with Crippen molar-refractivity contribution in [2.45, 2.75) is 29.4 Å². The van der Waals surface area contributed by atoms with Gasteiger partial charge in [0.1, 0.15) is 5.84 Å². The SMILES string of the molecule is O=S1(=O)NC(=NCC2CCCCS2)c2ccccc21. The van der Waals surface area contributed by atoms with Gasteiger partial charge in [-0.1, -0.05) is 18.6 Å². The number of amidine groups is 1. The van der Waals surface area contributed by atoms with E-state index < -0.39 is 10.0 Å². The molecule has 0 aromatic heterocycles. The number of nitrogens with one attached hydrogen (secondary N) is 1. The molecule has 2 aliphatic rings. The summed E-state index contributed by atoms with van der Waals surface area (Å²) in [6.45, 7) is 0.691. The molecule has 2 aliphatic heterocycles. The van der Waals surface area contributed by atoms with Gasteiger partial charge in [0.2, 0.25) is 0 Å². The molecule has 1 N–H and O–H groups in total. The molecule has 1 aromatic rings. The monoisotopic (exact) mass is 296 g/mol. The smallest absolute Gasteiger partial charge is 0.263 e. The predicted octanol–water partition coefficient (Wildman–Crippen LogP) is 2.01. The van der Waals surface area contributed by atoms with Crippen molar-refractivity contribution in [3.63, 3.8) is 0 Å². The summed E-state index contributed by atoms with van der Waals surface area (Å²) in [4.78, 5) is 4.83. The molecule has 0 spiro atoms. The molecule has 1 aromatic carbocycles. The minimum atomic E-state index is -3.40. The molecule has 0 radical (unpaired) electrons. The van der Waals surface area contributed by atoms with E-state index in [2.05, 4.69) is 9.71 Å². The Morgan fingerprint density at radius 3 is 2.95 bits per heavy atom. The van der Waals surface area contributed by atoms with Gasteiger partial charge in [0.15, 0.2) is 0 Å². The van der Waals surface area contributed by atoms with E-state index in [1.165, 1.54) is 25.0 Å². The van der Waals surface area contributed by atoms with Crippen LogP contribution in [0.15, 0.2) is 34.2 Å². The van der Waals surface area contributed by atoms with E-state index in [0.29, 0.717) is 28.1 Å². The summed E-state index contributed by atoms with van der Waals surface area (Å²) in [5, 5.41) is 0.526. The first-order chi connectivity index (χ1) is 9.17. The number of nitrogens with zero attached hydrogens (tertiary/aromatic N) is 1. The Bertz CT molecular complexity index is 605. The van der Waals surface area contributed by atoms with E-state index in [1.54, 1.807) is 18.2 Å². The second-order valence-corrected chi connectivity index (χ2v) is 7.84. The third-order valence-corrected chi connectivity index (χ3v) is 6.17. The Kier molecular flexibility index (Phi) is 3.54. The summed E-state index contributed by atoms with van der Waals surface area (Å²) in [5.41, 5.74) is 0.698. The van der Waals surface area contributed by atoms with Crippen LogP contribution in [0.4, 0.5) is 0 Å². The normalized spacial score (nSPS) is 26.9. The summed E-state index contributed by atoms with van der Waals surface area (Å²) < 4.78 is 26.4. The molecule has 6 heteroatoms. The third kappa shape index (κ3) is 2.65. The number of fused-ring (bicyclic) bond motifs is 1. The fourth-order valence-electron chi connectivity index (χ4n) is 2.40. The average Bonchev–Trinajstić information content (AvgIpc) is 2.70. The molecule has 0 amide bonds. The Morgan fingerprint density at radius 1 is 1.32 bits per heavy atom. The zero-order valence-corrected chi connectivity index (χ0v) is 12.1. The van der Waals surface area contributed by atoms with E-state index in [9.17, 15) is 8.42 Å². The molecular formula is C13H16N2O2S2. The van der Waals surface area contributed by atoms with Crippen LogP contribution >= 0.6 is 11.8 Å². The molecule has 102 valence electrons. The van der Waals surface area contributed by atoms with Crippen LogP contribution in [-0.4, -0.2) is 31.8 Å². The van der Waals surface area contributed by atoms with Crippen molar-refractivity contribution in [1.29, 1.82) is 0 Å². The van der Waals surface area contributed by atoms with Crippen molar-refractivity contribution in [1.82, 2.24) is 4.72 Å². The van der Waals surface area contributed by atoms with Crippen molar-refractivity contribution in [3.05, 3.63) is 29.8 Å². The highest BCUT2D eigenvalue weighted by Crippen LogP contribution is 2.26. The zero-order valence-electron chi connectivity index (χ0n) is 10.5. The van der Waals surface area contributed by atoms with Gasteiger partial charge in [-0.05, 0) is 30.7 Å². The first-order valence-electron chi connectivity index (χ1n) is 6.45. The molecule has 1 atom stereocenters. The van der Waals surface area contributed by atoms with Crippen molar-refractivity contribution in [2.24, 2.45) is 4.99 Å². The molecule has 2 heterocycles. The first-order valence-corrected chi connectivity index (χ1v) is 8.98. The topological polar surface area (TPSA) is 58.5 Å². The molecule has 19 heavy (non-hydrogen) atoms. The van der Waals surface area contributed by atoms with E-state index >= 15 is 0 Å². The summed E-state index contributed by atoms with van der Waals surface area (Å²) >= 11 is 1.94. The van der Waals surface area contributed by atoms with Gasteiger partial charge >= 0.3 is 0 Å². The molecule has 3 rings (SSSR count). The van der Waals surface area contributed by atoms with Crippen LogP contribution in [0.2, 0.25) is 0 Å². The molecule has 0 saturated carbocycles. The maximum Gasteiger partial charge on any atom is 0.263 e. The minimum absolute atomic E-state index is 0.338. The summed E-state index contributed by atoms with van der Waals surface area (Å²) in [7, 11) is -3.40. The van der Waals surface area contributed by atoms with Crippen molar-refractivity contribution < 1.29 is 8.42 Å². The molecule has 0 aliphatic carbocycles. The maximum absolute atomic E-state index is 11.9. The number of benzene rings is 1. The molecule has 1 saturated heterocycles. The highest BCUT2D eigenvalue weighted by Gasteiger charge is 2.30. The van der Waals surface area contributed by atoms with Crippen molar-refractivity contribution in [2.75, 3.05) is 12.3 Å². The lowest BCUT2D eigenvalue weighted by molar-refractivity contribution is 0.595. The van der Waals surface area contributed by atoms with Crippen molar-refractivity contribution >= 4 is 27.6 Å². The Morgan fingerprint density at radius 2 is 2.16 bits per heavy atom. The second kappa shape index (κ2) is 5.17. The quantitative estimate of drug-likeness (QED) is 0.908. The molecule has 4 nitrogen and oxygen atoms in total. The molecule has 1 fully saturated rings. The minimum Gasteiger partial charge on any atom is -0.266 e. The molecule has 0 bridgehead atoms. The molecule has 1 unspecified atom stereocenters. The van der Waals surface area contributed by atoms with Gasteiger partial charge in [0.05, 0.1) is 11.4 Å². The lowest BCUT2D eigenvalue weighted by atomic mass is 10.2. The van der Waals surface area contributed by atoms with E-state index in [0.717, 1.165) is 0 Å². The number of hydrogen-bond donors (Lipinski definition) is 1. The first kappa shape index (κ1) is 13.0. The van der Waals surface area contributed by atoms with Crippen LogP contribution in [0.25, 0.3) is 0 Å². The number of sulfonamides is 1. The standard InChI is InChI=1S/C13H16N2O2S2/c16-19(17)12-7-2-1-6-11(12)13(15-19)14-9-10-5-3-4-8-18-10/h1-2,6-7,10H,3-5,8-9H2,(H,14,15). The van der Waals surface area contributed by atoms with Crippen LogP contribution in [0.3, 0.4) is 0 Å². The number of hydrogen-bond acceptors (Lipinski definition) is 4. The van der Waals surface area contributed by atoms with Crippen molar-refractivity contribution in [3.8, 4) is 0 Å². The number of rotatable bonds is 2. The summed E-state index contributed by atoms with van der Waals surface area (Å²) in [6, 6.07) is 7.00. The van der Waals surface area contributed by atoms with Crippen LogP contribution in [-0.2, 0) is 10.0 Å². The fourth-order valence-corrected chi connectivity index (χ4v) is 4.86. The average molecular weight is 296 g/mol. The van der Waals surface area contributed by atoms with Gasteiger partial charge in [-0.3, -0.25) is 9.71 Å². The van der Waals surface area contributed by atoms with Gasteiger partial charge < -0.3 is 0 Å². The Balaban J connectivity index is 1.83. The van der Waals surface area contributed by atoms with Gasteiger partial charge in [0.25, 0.3) is 10.0 Å². The lowest BCUT2D eigenvalue weighted by Crippen LogP contribution is -2.24. The molecular weight excluding hydrogens is 280 g/mol. The number of thioether (sulfide) groups is 1. The van der Waals surface area contributed by atoms with Crippen LogP contribution in [0.5, 0.6) is 0 Å². The van der Waals surface area contributed by atoms with E-state index in [4.69, 9.17) is 0 Å². The Labute approximate surface area is 117 Å². The van der Waals surface area contributed by atoms with Crippen LogP contribution < -0.4 is 4.72 Å². The van der Waals surface area contributed by atoms with Gasteiger partial charge in [0, 0.05) is 10.8 Å². The largest absolute Gasteiger partial charge is 0.266 e. The second-order valence-electron chi connectivity index (χ2n) is 4.78. The lowest BCUT2D eigenvalue weighted by Gasteiger charge is -2.19. The highest BCUT2D eigenvalue weighted by molar-refractivity contribution is 7.99. The fraction of sp³-hybridized carbons (Fsp3) is 0.462. The Hall–Kier alpha value is -1.01. The van der Waals surface area contributed by atoms with Gasteiger partial charge in [-0.25, -0.2) is 8.42 Å². The van der Waals surface area contributed by atoms with Gasteiger partial charge in [-0.2, -0.15) is 11.8 Å². The summed E-state index contributed by atoms with van der Waals surface area (Å²) in [6.07, 6.45) is 3.72. The predicted molar refractivity (Wildman–Crippen MR) is 78.3 cm³/mol. The zero-order chi connectivity index (χ0) is 13.3. The highest BCUT2D eigenvalue weighted by atomic mass is 32.2. The van der Waals surface area contributed by atoms with Crippen LogP contribution in [0, 0.1) is 0 Å².